The molecule has 0 unspecified atom stereocenters. The molecule has 0 saturated heterocycles. The Morgan fingerprint density at radius 1 is 1.11 bits per heavy atom. The number of nitrogens with zero attached hydrogens (tertiary/aromatic N) is 5. The predicted molar refractivity (Wildman–Crippen MR) is 134 cm³/mol. The maximum atomic E-state index is 13.8. The Morgan fingerprint density at radius 2 is 1.83 bits per heavy atom. The molecule has 0 atom stereocenters. The number of hydrogen-bond acceptors (Lipinski definition) is 6. The van der Waals surface area contributed by atoms with Crippen LogP contribution < -0.4 is 21.3 Å². The Morgan fingerprint density at radius 3 is 2.54 bits per heavy atom. The van der Waals surface area contributed by atoms with E-state index in [1.807, 2.05) is 42.1 Å². The average molecular weight is 491 g/mol. The van der Waals surface area contributed by atoms with Gasteiger partial charge in [-0.1, -0.05) is 11.6 Å². The summed E-state index contributed by atoms with van der Waals surface area (Å²) in [4.78, 5) is 36.7. The Bertz CT molecular complexity index is 1440. The lowest BCUT2D eigenvalue weighted by atomic mass is 10.2. The van der Waals surface area contributed by atoms with Gasteiger partial charge >= 0.3 is 0 Å². The zero-order valence-corrected chi connectivity index (χ0v) is 19.9. The highest BCUT2D eigenvalue weighted by atomic mass is 35.5. The maximum Gasteiger partial charge on any atom is 0.279 e. The van der Waals surface area contributed by atoms with Gasteiger partial charge in [-0.3, -0.25) is 19.1 Å². The minimum atomic E-state index is -0.362. The smallest absolute Gasteiger partial charge is 0.279 e. The van der Waals surface area contributed by atoms with Crippen molar-refractivity contribution in [3.8, 4) is 11.4 Å². The quantitative estimate of drug-likeness (QED) is 0.370. The van der Waals surface area contributed by atoms with Crippen molar-refractivity contribution < 1.29 is 9.59 Å². The molecule has 0 saturated carbocycles. The maximum absolute atomic E-state index is 13.8. The summed E-state index contributed by atoms with van der Waals surface area (Å²) in [6.07, 6.45) is 3.61. The fraction of sp³-hybridized carbons (Fsp3) is 0.167. The van der Waals surface area contributed by atoms with Gasteiger partial charge in [0.15, 0.2) is 11.5 Å². The minimum absolute atomic E-state index is 0.146. The molecule has 5 rings (SSSR count). The van der Waals surface area contributed by atoms with Crippen LogP contribution in [0.15, 0.2) is 54.9 Å². The van der Waals surface area contributed by atoms with E-state index in [1.165, 1.54) is 4.90 Å². The lowest BCUT2D eigenvalue weighted by Crippen LogP contribution is -2.36. The summed E-state index contributed by atoms with van der Waals surface area (Å²) in [7, 11) is 1.86. The number of nitrogens with one attached hydrogen (secondary N) is 2. The molecule has 3 heterocycles. The third kappa shape index (κ3) is 4.02. The summed E-state index contributed by atoms with van der Waals surface area (Å²) in [6.45, 7) is 2.22. The zero-order valence-electron chi connectivity index (χ0n) is 19.1. The van der Waals surface area contributed by atoms with Crippen LogP contribution in [0.5, 0.6) is 0 Å². The second-order valence-corrected chi connectivity index (χ2v) is 8.50. The molecule has 4 aromatic rings. The fourth-order valence-electron chi connectivity index (χ4n) is 4.18. The fourth-order valence-corrected chi connectivity index (χ4v) is 4.30. The van der Waals surface area contributed by atoms with Gasteiger partial charge in [0.05, 0.1) is 17.3 Å². The van der Waals surface area contributed by atoms with Gasteiger partial charge in [0.25, 0.3) is 5.91 Å². The van der Waals surface area contributed by atoms with E-state index in [0.717, 1.165) is 11.5 Å². The number of aryl methyl sites for hydroxylation is 1. The van der Waals surface area contributed by atoms with Crippen LogP contribution in [0.1, 0.15) is 22.1 Å². The molecule has 178 valence electrons. The number of amides is 2. The monoisotopic (exact) mass is 490 g/mol. The van der Waals surface area contributed by atoms with E-state index >= 15 is 0 Å². The first-order valence-electron chi connectivity index (χ1n) is 10.9. The van der Waals surface area contributed by atoms with Crippen molar-refractivity contribution in [1.29, 1.82) is 0 Å². The van der Waals surface area contributed by atoms with Gasteiger partial charge < -0.3 is 20.9 Å². The van der Waals surface area contributed by atoms with Gasteiger partial charge in [0, 0.05) is 29.5 Å². The first-order valence-corrected chi connectivity index (χ1v) is 11.3. The van der Waals surface area contributed by atoms with Crippen LogP contribution in [0.3, 0.4) is 0 Å². The van der Waals surface area contributed by atoms with Crippen molar-refractivity contribution in [1.82, 2.24) is 24.4 Å². The zero-order chi connectivity index (χ0) is 24.7. The van der Waals surface area contributed by atoms with Crippen molar-refractivity contribution in [2.24, 2.45) is 0 Å². The number of benzene rings is 2. The van der Waals surface area contributed by atoms with E-state index in [9.17, 15) is 9.59 Å². The molecule has 4 N–H and O–H groups in total. The molecule has 1 aliphatic rings. The Hall–Kier alpha value is -4.15. The van der Waals surface area contributed by atoms with Gasteiger partial charge in [0.2, 0.25) is 5.91 Å². The topological polar surface area (TPSA) is 123 Å². The second-order valence-electron chi connectivity index (χ2n) is 8.10. The molecule has 35 heavy (non-hydrogen) atoms. The van der Waals surface area contributed by atoms with Crippen LogP contribution in [-0.4, -0.2) is 44.5 Å². The summed E-state index contributed by atoms with van der Waals surface area (Å²) >= 11 is 6.09. The minimum Gasteiger partial charge on any atom is -0.397 e. The molecule has 0 bridgehead atoms. The van der Waals surface area contributed by atoms with E-state index < -0.39 is 0 Å². The van der Waals surface area contributed by atoms with E-state index in [1.54, 1.807) is 35.9 Å². The standard InChI is InChI=1S/C24H23ClN8O2/c1-14-29-23-22(33(14)17-7-8-18(25)19(26)11-17)24(35)32(13-21(34)30-23)16-5-3-15(4-6-16)31-10-9-28-20(31)12-27-2/h3-11,27H,12-13,26H2,1-2H3,(H,30,34). The van der Waals surface area contributed by atoms with Gasteiger partial charge in [-0.15, -0.1) is 0 Å². The molecular weight excluding hydrogens is 468 g/mol. The van der Waals surface area contributed by atoms with Crippen LogP contribution in [0.2, 0.25) is 5.02 Å². The van der Waals surface area contributed by atoms with Crippen molar-refractivity contribution in [3.63, 3.8) is 0 Å². The van der Waals surface area contributed by atoms with Crippen molar-refractivity contribution in [2.75, 3.05) is 29.5 Å². The normalized spacial score (nSPS) is 13.5. The Kier molecular flexibility index (Phi) is 5.75. The summed E-state index contributed by atoms with van der Waals surface area (Å²) in [5, 5.41) is 6.26. The van der Waals surface area contributed by atoms with E-state index in [2.05, 4.69) is 20.6 Å². The number of fused-ring (bicyclic) bond motifs is 1. The van der Waals surface area contributed by atoms with Crippen molar-refractivity contribution >= 4 is 40.6 Å². The SMILES string of the molecule is CNCc1nccn1-c1ccc(N2CC(=O)Nc3nc(C)n(-c4ccc(Cl)c(N)c4)c3C2=O)cc1. The number of imidazole rings is 2. The molecule has 0 spiro atoms. The highest BCUT2D eigenvalue weighted by molar-refractivity contribution is 6.33. The summed E-state index contributed by atoms with van der Waals surface area (Å²) in [5.74, 6) is 0.892. The van der Waals surface area contributed by atoms with Gasteiger partial charge in [-0.25, -0.2) is 9.97 Å². The molecule has 10 nitrogen and oxygen atoms in total. The Labute approximate surface area is 206 Å². The largest absolute Gasteiger partial charge is 0.397 e. The number of halogens is 1. The summed E-state index contributed by atoms with van der Waals surface area (Å²) in [5.41, 5.74) is 8.71. The van der Waals surface area contributed by atoms with Crippen LogP contribution in [0.25, 0.3) is 11.4 Å². The van der Waals surface area contributed by atoms with Crippen LogP contribution in [-0.2, 0) is 11.3 Å². The number of nitrogens with two attached hydrogens (primary N) is 1. The highest BCUT2D eigenvalue weighted by Crippen LogP contribution is 2.31. The van der Waals surface area contributed by atoms with E-state index in [0.29, 0.717) is 34.5 Å². The Balaban J connectivity index is 1.55. The third-order valence-corrected chi connectivity index (χ3v) is 6.13. The predicted octanol–water partition coefficient (Wildman–Crippen LogP) is 2.92. The molecule has 1 aliphatic heterocycles. The van der Waals surface area contributed by atoms with Crippen LogP contribution in [0, 0.1) is 6.92 Å². The van der Waals surface area contributed by atoms with Gasteiger partial charge in [-0.2, -0.15) is 0 Å². The van der Waals surface area contributed by atoms with E-state index in [4.69, 9.17) is 17.3 Å². The summed E-state index contributed by atoms with van der Waals surface area (Å²) in [6, 6.07) is 12.5. The first-order chi connectivity index (χ1) is 16.9. The first kappa shape index (κ1) is 22.6. The molecule has 0 fully saturated rings. The number of carbonyl (C=O) groups excluding carboxylic acids is 2. The van der Waals surface area contributed by atoms with Crippen LogP contribution in [0.4, 0.5) is 17.2 Å². The number of carbonyl (C=O) groups is 2. The lowest BCUT2D eigenvalue weighted by molar-refractivity contribution is -0.114. The van der Waals surface area contributed by atoms with Gasteiger partial charge in [-0.05, 0) is 56.4 Å². The molecule has 2 amide bonds. The molecular formula is C24H23ClN8O2. The molecule has 2 aromatic carbocycles. The number of anilines is 3. The summed E-state index contributed by atoms with van der Waals surface area (Å²) < 4.78 is 3.63. The molecule has 11 heteroatoms. The third-order valence-electron chi connectivity index (χ3n) is 5.78. The second kappa shape index (κ2) is 8.90. The van der Waals surface area contributed by atoms with Crippen molar-refractivity contribution in [2.45, 2.75) is 13.5 Å². The number of nitrogen functional groups attached to an aromatic ring is 1. The molecule has 2 aromatic heterocycles. The number of rotatable bonds is 5. The highest BCUT2D eigenvalue weighted by Gasteiger charge is 2.33. The number of hydrogen-bond donors (Lipinski definition) is 3. The average Bonchev–Trinajstić information content (AvgIpc) is 3.40. The van der Waals surface area contributed by atoms with E-state index in [-0.39, 0.29) is 29.9 Å². The number of aromatic nitrogens is 4. The molecule has 0 aliphatic carbocycles. The van der Waals surface area contributed by atoms with Gasteiger partial charge in [0.1, 0.15) is 18.2 Å². The van der Waals surface area contributed by atoms with Crippen molar-refractivity contribution in [3.05, 3.63) is 77.2 Å². The molecule has 0 radical (unpaired) electrons. The van der Waals surface area contributed by atoms with Crippen LogP contribution >= 0.6 is 11.6 Å². The lowest BCUT2D eigenvalue weighted by Gasteiger charge is -2.21.